The molecule has 0 spiro atoms. The Morgan fingerprint density at radius 1 is 0.960 bits per heavy atom. The summed E-state index contributed by atoms with van der Waals surface area (Å²) in [6, 6.07) is 13.4. The summed E-state index contributed by atoms with van der Waals surface area (Å²) in [4.78, 5) is 37.0. The first-order valence-corrected chi connectivity index (χ1v) is 7.88. The van der Waals surface area contributed by atoms with Crippen molar-refractivity contribution in [2.75, 3.05) is 20.3 Å². The molecule has 25 heavy (non-hydrogen) atoms. The number of hydrogen-bond donors (Lipinski definition) is 0. The molecule has 0 bridgehead atoms. The van der Waals surface area contributed by atoms with E-state index in [2.05, 4.69) is 4.74 Å². The van der Waals surface area contributed by atoms with Crippen LogP contribution in [0.25, 0.3) is 0 Å². The SMILES string of the molecule is COC(=O)c1ccc(OCCCN2C(=O)c3ccccc3C2=O)cc1. The molecule has 1 heterocycles. The molecule has 0 aliphatic carbocycles. The van der Waals surface area contributed by atoms with Gasteiger partial charge in [0, 0.05) is 6.54 Å². The third-order valence-corrected chi connectivity index (χ3v) is 3.95. The number of carbonyl (C=O) groups excluding carboxylic acids is 3. The van der Waals surface area contributed by atoms with E-state index in [0.29, 0.717) is 42.0 Å². The van der Waals surface area contributed by atoms with Crippen LogP contribution < -0.4 is 4.74 Å². The van der Waals surface area contributed by atoms with Crippen molar-refractivity contribution in [3.05, 3.63) is 65.2 Å². The van der Waals surface area contributed by atoms with Crippen molar-refractivity contribution in [1.29, 1.82) is 0 Å². The molecule has 0 saturated carbocycles. The van der Waals surface area contributed by atoms with Gasteiger partial charge >= 0.3 is 5.97 Å². The second kappa shape index (κ2) is 7.17. The minimum absolute atomic E-state index is 0.261. The molecule has 0 saturated heterocycles. The van der Waals surface area contributed by atoms with Crippen LogP contribution in [0.1, 0.15) is 37.5 Å². The molecule has 128 valence electrons. The molecular weight excluding hydrogens is 322 g/mol. The fraction of sp³-hybridized carbons (Fsp3) is 0.211. The standard InChI is InChI=1S/C19H17NO5/c1-24-19(23)13-7-9-14(10-8-13)25-12-4-11-20-17(21)15-5-2-3-6-16(15)18(20)22/h2-3,5-10H,4,11-12H2,1H3. The van der Waals surface area contributed by atoms with E-state index in [-0.39, 0.29) is 11.8 Å². The molecule has 2 amide bonds. The van der Waals surface area contributed by atoms with E-state index in [1.165, 1.54) is 12.0 Å². The van der Waals surface area contributed by atoms with Crippen LogP contribution in [0.3, 0.4) is 0 Å². The third kappa shape index (κ3) is 3.38. The van der Waals surface area contributed by atoms with Gasteiger partial charge in [-0.25, -0.2) is 4.79 Å². The van der Waals surface area contributed by atoms with Crippen LogP contribution in [0.15, 0.2) is 48.5 Å². The average Bonchev–Trinajstić information content (AvgIpc) is 2.90. The molecule has 0 radical (unpaired) electrons. The summed E-state index contributed by atoms with van der Waals surface area (Å²) in [5.74, 6) is -0.321. The van der Waals surface area contributed by atoms with Crippen LogP contribution in [-0.2, 0) is 4.74 Å². The Bertz CT molecular complexity index is 778. The van der Waals surface area contributed by atoms with Gasteiger partial charge in [-0.3, -0.25) is 14.5 Å². The molecule has 0 atom stereocenters. The van der Waals surface area contributed by atoms with Gasteiger partial charge in [-0.2, -0.15) is 0 Å². The first-order chi connectivity index (χ1) is 12.1. The number of ether oxygens (including phenoxy) is 2. The highest BCUT2D eigenvalue weighted by Crippen LogP contribution is 2.22. The molecule has 0 fully saturated rings. The van der Waals surface area contributed by atoms with Crippen molar-refractivity contribution >= 4 is 17.8 Å². The van der Waals surface area contributed by atoms with E-state index >= 15 is 0 Å². The Balaban J connectivity index is 1.50. The molecule has 0 N–H and O–H groups in total. The summed E-state index contributed by atoms with van der Waals surface area (Å²) in [6.07, 6.45) is 0.518. The second-order valence-electron chi connectivity index (χ2n) is 5.53. The quantitative estimate of drug-likeness (QED) is 0.459. The van der Waals surface area contributed by atoms with Gasteiger partial charge in [-0.1, -0.05) is 12.1 Å². The summed E-state index contributed by atoms with van der Waals surface area (Å²) in [5.41, 5.74) is 1.35. The van der Waals surface area contributed by atoms with Gasteiger partial charge in [0.15, 0.2) is 0 Å². The third-order valence-electron chi connectivity index (χ3n) is 3.95. The number of imide groups is 1. The van der Waals surface area contributed by atoms with Gasteiger partial charge in [0.05, 0.1) is 30.4 Å². The zero-order valence-corrected chi connectivity index (χ0v) is 13.7. The monoisotopic (exact) mass is 339 g/mol. The zero-order valence-electron chi connectivity index (χ0n) is 13.7. The molecule has 0 aromatic heterocycles. The highest BCUT2D eigenvalue weighted by molar-refractivity contribution is 6.21. The Morgan fingerprint density at radius 2 is 1.56 bits per heavy atom. The lowest BCUT2D eigenvalue weighted by atomic mass is 10.1. The molecule has 3 rings (SSSR count). The van der Waals surface area contributed by atoms with Crippen molar-refractivity contribution in [3.8, 4) is 5.75 Å². The summed E-state index contributed by atoms with van der Waals surface area (Å²) < 4.78 is 10.2. The number of hydrogen-bond acceptors (Lipinski definition) is 5. The Kier molecular flexibility index (Phi) is 4.79. The average molecular weight is 339 g/mol. The lowest BCUT2D eigenvalue weighted by Gasteiger charge is -2.14. The smallest absolute Gasteiger partial charge is 0.337 e. The van der Waals surface area contributed by atoms with E-state index in [0.717, 1.165) is 0 Å². The van der Waals surface area contributed by atoms with Gasteiger partial charge in [-0.15, -0.1) is 0 Å². The zero-order chi connectivity index (χ0) is 17.8. The van der Waals surface area contributed by atoms with Gasteiger partial charge in [0.1, 0.15) is 5.75 Å². The van der Waals surface area contributed by atoms with Crippen molar-refractivity contribution in [2.24, 2.45) is 0 Å². The topological polar surface area (TPSA) is 72.9 Å². The van der Waals surface area contributed by atoms with Crippen LogP contribution in [0.4, 0.5) is 0 Å². The van der Waals surface area contributed by atoms with E-state index in [1.54, 1.807) is 48.5 Å². The largest absolute Gasteiger partial charge is 0.494 e. The molecule has 2 aromatic rings. The van der Waals surface area contributed by atoms with Crippen LogP contribution in [0.2, 0.25) is 0 Å². The number of methoxy groups -OCH3 is 1. The fourth-order valence-electron chi connectivity index (χ4n) is 2.66. The van der Waals surface area contributed by atoms with Gasteiger partial charge in [-0.05, 0) is 42.8 Å². The van der Waals surface area contributed by atoms with Crippen LogP contribution in [0, 0.1) is 0 Å². The van der Waals surface area contributed by atoms with Crippen molar-refractivity contribution in [3.63, 3.8) is 0 Å². The maximum Gasteiger partial charge on any atom is 0.337 e. The predicted octanol–water partition coefficient (Wildman–Crippen LogP) is 2.54. The summed E-state index contributed by atoms with van der Waals surface area (Å²) in [5, 5.41) is 0. The van der Waals surface area contributed by atoms with Crippen molar-refractivity contribution in [2.45, 2.75) is 6.42 Å². The molecule has 1 aliphatic heterocycles. The second-order valence-corrected chi connectivity index (χ2v) is 5.53. The van der Waals surface area contributed by atoms with Crippen molar-refractivity contribution < 1.29 is 23.9 Å². The molecule has 0 unspecified atom stereocenters. The highest BCUT2D eigenvalue weighted by Gasteiger charge is 2.34. The van der Waals surface area contributed by atoms with Crippen LogP contribution >= 0.6 is 0 Å². The summed E-state index contributed by atoms with van der Waals surface area (Å²) in [6.45, 7) is 0.650. The normalized spacial score (nSPS) is 12.9. The van der Waals surface area contributed by atoms with Gasteiger partial charge in [0.2, 0.25) is 0 Å². The number of nitrogens with zero attached hydrogens (tertiary/aromatic N) is 1. The lowest BCUT2D eigenvalue weighted by Crippen LogP contribution is -2.31. The van der Waals surface area contributed by atoms with E-state index in [9.17, 15) is 14.4 Å². The Labute approximate surface area is 145 Å². The van der Waals surface area contributed by atoms with Crippen molar-refractivity contribution in [1.82, 2.24) is 4.90 Å². The number of benzene rings is 2. The van der Waals surface area contributed by atoms with E-state index in [4.69, 9.17) is 4.74 Å². The highest BCUT2D eigenvalue weighted by atomic mass is 16.5. The van der Waals surface area contributed by atoms with E-state index < -0.39 is 5.97 Å². The molecular formula is C19H17NO5. The summed E-state index contributed by atoms with van der Waals surface area (Å²) >= 11 is 0. The molecule has 6 heteroatoms. The number of carbonyl (C=O) groups is 3. The molecule has 1 aliphatic rings. The predicted molar refractivity (Wildman–Crippen MR) is 89.7 cm³/mol. The van der Waals surface area contributed by atoms with Gasteiger partial charge < -0.3 is 9.47 Å². The summed E-state index contributed by atoms with van der Waals surface area (Å²) in [7, 11) is 1.33. The lowest BCUT2D eigenvalue weighted by molar-refractivity contribution is 0.0598. The minimum Gasteiger partial charge on any atom is -0.494 e. The Hall–Kier alpha value is -3.15. The maximum atomic E-state index is 12.2. The van der Waals surface area contributed by atoms with E-state index in [1.807, 2.05) is 0 Å². The number of fused-ring (bicyclic) bond motifs is 1. The molecule has 2 aromatic carbocycles. The first kappa shape index (κ1) is 16.7. The van der Waals surface area contributed by atoms with Crippen LogP contribution in [0.5, 0.6) is 5.75 Å². The number of amides is 2. The molecule has 6 nitrogen and oxygen atoms in total. The first-order valence-electron chi connectivity index (χ1n) is 7.88. The Morgan fingerprint density at radius 3 is 2.12 bits per heavy atom. The van der Waals surface area contributed by atoms with Crippen LogP contribution in [-0.4, -0.2) is 42.9 Å². The van der Waals surface area contributed by atoms with Gasteiger partial charge in [0.25, 0.3) is 11.8 Å². The number of esters is 1. The minimum atomic E-state index is -0.405. The fourth-order valence-corrected chi connectivity index (χ4v) is 2.66. The number of rotatable bonds is 6. The maximum absolute atomic E-state index is 12.2.